The number of carbonyl (C=O) groups excluding carboxylic acids is 1. The third-order valence-corrected chi connectivity index (χ3v) is 9.75. The van der Waals surface area contributed by atoms with Gasteiger partial charge >= 0.3 is 6.09 Å². The summed E-state index contributed by atoms with van der Waals surface area (Å²) >= 11 is 0. The van der Waals surface area contributed by atoms with Gasteiger partial charge in [0.25, 0.3) is 0 Å². The number of aromatic nitrogens is 6. The second-order valence-electron chi connectivity index (χ2n) is 12.2. The monoisotopic (exact) mass is 577 g/mol. The van der Waals surface area contributed by atoms with Gasteiger partial charge in [-0.2, -0.15) is 10.2 Å². The van der Waals surface area contributed by atoms with Gasteiger partial charge in [0, 0.05) is 26.4 Å². The number of fused-ring (bicyclic) bond motifs is 1. The van der Waals surface area contributed by atoms with Crippen LogP contribution in [0.4, 0.5) is 15.0 Å². The number of carbonyl (C=O) groups is 1. The third-order valence-electron chi connectivity index (χ3n) is 8.05. The van der Waals surface area contributed by atoms with E-state index in [1.165, 1.54) is 31.7 Å². The van der Waals surface area contributed by atoms with Gasteiger partial charge in [0.15, 0.2) is 11.5 Å². The molecule has 0 spiro atoms. The van der Waals surface area contributed by atoms with E-state index in [1.54, 1.807) is 38.6 Å². The summed E-state index contributed by atoms with van der Waals surface area (Å²) in [6, 6.07) is 7.77. The lowest BCUT2D eigenvalue weighted by atomic mass is 9.84. The maximum absolute atomic E-state index is 15.5. The number of amides is 1. The lowest BCUT2D eigenvalue weighted by molar-refractivity contribution is 0.0796. The number of hydrogen-bond donors (Lipinski definition) is 0. The molecule has 12 heteroatoms. The van der Waals surface area contributed by atoms with Crippen LogP contribution < -0.4 is 4.90 Å². The van der Waals surface area contributed by atoms with Crippen molar-refractivity contribution in [3.63, 3.8) is 0 Å². The summed E-state index contributed by atoms with van der Waals surface area (Å²) in [5.74, 6) is 0.891. The van der Waals surface area contributed by atoms with E-state index in [0.717, 1.165) is 18.9 Å². The molecule has 1 saturated carbocycles. The fourth-order valence-corrected chi connectivity index (χ4v) is 6.48. The second kappa shape index (κ2) is 11.3. The van der Waals surface area contributed by atoms with Crippen molar-refractivity contribution >= 4 is 25.6 Å². The molecule has 2 fully saturated rings. The van der Waals surface area contributed by atoms with Gasteiger partial charge in [-0.3, -0.25) is 4.90 Å². The van der Waals surface area contributed by atoms with E-state index < -0.39 is 13.9 Å². The number of benzene rings is 1. The molecular weight excluding hydrogens is 541 g/mol. The zero-order valence-electron chi connectivity index (χ0n) is 23.8. The molecular formula is C29H36FN7O3Si. The Labute approximate surface area is 239 Å². The van der Waals surface area contributed by atoms with Gasteiger partial charge in [0.1, 0.15) is 31.3 Å². The van der Waals surface area contributed by atoms with Crippen molar-refractivity contribution in [2.45, 2.75) is 70.6 Å². The molecule has 0 bridgehead atoms. The summed E-state index contributed by atoms with van der Waals surface area (Å²) in [5.41, 5.74) is 2.16. The molecule has 4 heterocycles. The average Bonchev–Trinajstić information content (AvgIpc) is 3.69. The van der Waals surface area contributed by atoms with E-state index in [-0.39, 0.29) is 18.9 Å². The van der Waals surface area contributed by atoms with Gasteiger partial charge in [-0.15, -0.1) is 0 Å². The van der Waals surface area contributed by atoms with E-state index in [1.807, 2.05) is 6.07 Å². The van der Waals surface area contributed by atoms with Crippen LogP contribution in [-0.2, 0) is 16.2 Å². The molecule has 0 radical (unpaired) electrons. The maximum atomic E-state index is 15.5. The van der Waals surface area contributed by atoms with Crippen molar-refractivity contribution in [1.29, 1.82) is 0 Å². The Morgan fingerprint density at radius 2 is 1.93 bits per heavy atom. The highest BCUT2D eigenvalue weighted by Gasteiger charge is 2.40. The molecule has 1 aliphatic heterocycles. The van der Waals surface area contributed by atoms with Crippen molar-refractivity contribution in [2.24, 2.45) is 5.92 Å². The first-order chi connectivity index (χ1) is 19.8. The average molecular weight is 578 g/mol. The van der Waals surface area contributed by atoms with Gasteiger partial charge in [-0.25, -0.2) is 28.4 Å². The predicted molar refractivity (Wildman–Crippen MR) is 156 cm³/mol. The lowest BCUT2D eigenvalue weighted by Gasteiger charge is -2.31. The molecule has 216 valence electrons. The SMILES string of the molecule is C[Si](C)(C)CCOCn1ncnc1-c1ccc(-c2cnn3ccc(N4C(=O)OC[C@@H]4C4CCCCC4)nc23)cc1F. The van der Waals surface area contributed by atoms with Crippen LogP contribution in [0.5, 0.6) is 0 Å². The zero-order valence-corrected chi connectivity index (χ0v) is 24.8. The van der Waals surface area contributed by atoms with Crippen LogP contribution in [0.15, 0.2) is 43.0 Å². The minimum absolute atomic E-state index is 0.0299. The van der Waals surface area contributed by atoms with Gasteiger partial charge in [-0.1, -0.05) is 45.0 Å². The van der Waals surface area contributed by atoms with Crippen LogP contribution in [0.2, 0.25) is 25.7 Å². The number of anilines is 1. The quantitative estimate of drug-likeness (QED) is 0.177. The summed E-state index contributed by atoms with van der Waals surface area (Å²) in [7, 11) is -1.21. The molecule has 6 rings (SSSR count). The van der Waals surface area contributed by atoms with E-state index in [4.69, 9.17) is 14.5 Å². The second-order valence-corrected chi connectivity index (χ2v) is 17.8. The Bertz CT molecular complexity index is 1540. The Balaban J connectivity index is 1.25. The minimum atomic E-state index is -1.21. The van der Waals surface area contributed by atoms with Crippen molar-refractivity contribution in [1.82, 2.24) is 29.4 Å². The molecule has 1 aliphatic carbocycles. The highest BCUT2D eigenvalue weighted by molar-refractivity contribution is 6.76. The molecule has 1 atom stereocenters. The van der Waals surface area contributed by atoms with Gasteiger partial charge in [0.2, 0.25) is 0 Å². The normalized spacial score (nSPS) is 18.4. The van der Waals surface area contributed by atoms with Gasteiger partial charge < -0.3 is 9.47 Å². The van der Waals surface area contributed by atoms with Crippen molar-refractivity contribution in [3.8, 4) is 22.5 Å². The smallest absolute Gasteiger partial charge is 0.415 e. The molecule has 1 aromatic carbocycles. The Hall–Kier alpha value is -3.64. The van der Waals surface area contributed by atoms with Crippen molar-refractivity contribution in [3.05, 3.63) is 48.8 Å². The van der Waals surface area contributed by atoms with E-state index >= 15 is 4.39 Å². The fourth-order valence-electron chi connectivity index (χ4n) is 5.72. The summed E-state index contributed by atoms with van der Waals surface area (Å²) in [5, 5.41) is 8.66. The zero-order chi connectivity index (χ0) is 28.6. The highest BCUT2D eigenvalue weighted by Crippen LogP contribution is 2.35. The molecule has 4 aromatic rings. The molecule has 3 aromatic heterocycles. The predicted octanol–water partition coefficient (Wildman–Crippen LogP) is 6.01. The number of halogens is 1. The fraction of sp³-hybridized carbons (Fsp3) is 0.483. The Kier molecular flexibility index (Phi) is 7.60. The van der Waals surface area contributed by atoms with Crippen LogP contribution in [0.3, 0.4) is 0 Å². The van der Waals surface area contributed by atoms with Gasteiger partial charge in [0.05, 0.1) is 17.8 Å². The third kappa shape index (κ3) is 5.75. The maximum Gasteiger partial charge on any atom is 0.415 e. The van der Waals surface area contributed by atoms with E-state index in [2.05, 4.69) is 34.8 Å². The Morgan fingerprint density at radius 1 is 1.10 bits per heavy atom. The Morgan fingerprint density at radius 3 is 2.71 bits per heavy atom. The van der Waals surface area contributed by atoms with Gasteiger partial charge in [-0.05, 0) is 48.6 Å². The summed E-state index contributed by atoms with van der Waals surface area (Å²) < 4.78 is 30.0. The van der Waals surface area contributed by atoms with Crippen LogP contribution in [0, 0.1) is 11.7 Å². The number of rotatable bonds is 9. The van der Waals surface area contributed by atoms with Crippen molar-refractivity contribution < 1.29 is 18.7 Å². The van der Waals surface area contributed by atoms with Crippen LogP contribution in [0.1, 0.15) is 32.1 Å². The molecule has 0 N–H and O–H groups in total. The van der Waals surface area contributed by atoms with Crippen LogP contribution >= 0.6 is 0 Å². The number of ether oxygens (including phenoxy) is 2. The number of nitrogens with zero attached hydrogens (tertiary/aromatic N) is 7. The molecule has 10 nitrogen and oxygen atoms in total. The van der Waals surface area contributed by atoms with E-state index in [9.17, 15) is 4.79 Å². The highest BCUT2D eigenvalue weighted by atomic mass is 28.3. The molecule has 0 unspecified atom stereocenters. The lowest BCUT2D eigenvalue weighted by Crippen LogP contribution is -2.40. The molecule has 2 aliphatic rings. The molecule has 1 saturated heterocycles. The summed E-state index contributed by atoms with van der Waals surface area (Å²) in [4.78, 5) is 23.6. The first-order valence-electron chi connectivity index (χ1n) is 14.3. The molecule has 1 amide bonds. The van der Waals surface area contributed by atoms with Crippen LogP contribution in [-0.4, -0.2) is 62.8 Å². The van der Waals surface area contributed by atoms with E-state index in [0.29, 0.717) is 53.1 Å². The number of cyclic esters (lactones) is 1. The topological polar surface area (TPSA) is 99.7 Å². The first-order valence-corrected chi connectivity index (χ1v) is 18.1. The first kappa shape index (κ1) is 27.5. The molecule has 41 heavy (non-hydrogen) atoms. The van der Waals surface area contributed by atoms with Crippen LogP contribution in [0.25, 0.3) is 28.2 Å². The summed E-state index contributed by atoms with van der Waals surface area (Å²) in [6.07, 6.45) is 10.2. The van der Waals surface area contributed by atoms with Crippen molar-refractivity contribution in [2.75, 3.05) is 18.1 Å². The summed E-state index contributed by atoms with van der Waals surface area (Å²) in [6.45, 7) is 8.11. The number of hydrogen-bond acceptors (Lipinski definition) is 7. The minimum Gasteiger partial charge on any atom is -0.447 e. The largest absolute Gasteiger partial charge is 0.447 e. The standard InChI is InChI=1S/C29H36FN7O3Si/c1-41(2,3)14-13-39-19-36-27(31-18-33-36)22-10-9-21(15-24(22)30)23-16-32-35-12-11-26(34-28(23)35)37-25(17-40-29(37)38)20-7-5-4-6-8-20/h9-12,15-16,18,20,25H,4-8,13-14,17,19H2,1-3H3/t25-/m1/s1.